The Morgan fingerprint density at radius 1 is 1.65 bits per heavy atom. The van der Waals surface area contributed by atoms with E-state index in [0.717, 1.165) is 26.1 Å². The first kappa shape index (κ1) is 12.2. The maximum Gasteiger partial charge on any atom is 0.354 e. The molecule has 0 aliphatic carbocycles. The van der Waals surface area contributed by atoms with Gasteiger partial charge in [-0.25, -0.2) is 4.79 Å². The predicted molar refractivity (Wildman–Crippen MR) is 66.2 cm³/mol. The SMILES string of the molecule is CCOC(=O)C1=CC(C)CC=C2CNCCN21. The molecule has 1 N–H and O–H groups in total. The molecule has 94 valence electrons. The van der Waals surface area contributed by atoms with Crippen molar-refractivity contribution < 1.29 is 9.53 Å². The molecule has 0 spiro atoms. The van der Waals surface area contributed by atoms with E-state index in [1.807, 2.05) is 13.0 Å². The Bertz CT molecular complexity index is 360. The van der Waals surface area contributed by atoms with Gasteiger partial charge in [-0.15, -0.1) is 0 Å². The Morgan fingerprint density at radius 3 is 3.24 bits per heavy atom. The van der Waals surface area contributed by atoms with Crippen LogP contribution in [0.15, 0.2) is 23.5 Å². The Balaban J connectivity index is 2.26. The Hall–Kier alpha value is -1.29. The summed E-state index contributed by atoms with van der Waals surface area (Å²) in [7, 11) is 0. The average Bonchev–Trinajstić information content (AvgIpc) is 2.50. The highest BCUT2D eigenvalue weighted by molar-refractivity contribution is 5.88. The lowest BCUT2D eigenvalue weighted by Crippen LogP contribution is -2.42. The van der Waals surface area contributed by atoms with Crippen LogP contribution in [-0.4, -0.2) is 37.1 Å². The van der Waals surface area contributed by atoms with Crippen LogP contribution in [0.5, 0.6) is 0 Å². The summed E-state index contributed by atoms with van der Waals surface area (Å²) < 4.78 is 5.14. The summed E-state index contributed by atoms with van der Waals surface area (Å²) in [5.74, 6) is 0.182. The van der Waals surface area contributed by atoms with E-state index in [-0.39, 0.29) is 5.97 Å². The summed E-state index contributed by atoms with van der Waals surface area (Å²) in [6, 6.07) is 0. The summed E-state index contributed by atoms with van der Waals surface area (Å²) in [5, 5.41) is 3.33. The molecular formula is C13H20N2O2. The number of ether oxygens (including phenoxy) is 1. The maximum absolute atomic E-state index is 12.0. The molecule has 2 aliphatic heterocycles. The maximum atomic E-state index is 12.0. The van der Waals surface area contributed by atoms with E-state index in [9.17, 15) is 4.79 Å². The number of piperazine rings is 1. The van der Waals surface area contributed by atoms with E-state index < -0.39 is 0 Å². The highest BCUT2D eigenvalue weighted by Gasteiger charge is 2.26. The van der Waals surface area contributed by atoms with Gasteiger partial charge in [0.1, 0.15) is 5.70 Å². The normalized spacial score (nSPS) is 24.4. The Morgan fingerprint density at radius 2 is 2.47 bits per heavy atom. The molecule has 1 fully saturated rings. The smallest absolute Gasteiger partial charge is 0.354 e. The number of carbonyl (C=O) groups excluding carboxylic acids is 1. The fourth-order valence-electron chi connectivity index (χ4n) is 2.24. The molecule has 4 heteroatoms. The number of rotatable bonds is 2. The van der Waals surface area contributed by atoms with Gasteiger partial charge in [-0.05, 0) is 19.3 Å². The highest BCUT2D eigenvalue weighted by Crippen LogP contribution is 2.24. The molecule has 1 saturated heterocycles. The van der Waals surface area contributed by atoms with Crippen LogP contribution in [0.4, 0.5) is 0 Å². The van der Waals surface area contributed by atoms with Crippen molar-refractivity contribution in [1.29, 1.82) is 0 Å². The molecule has 0 radical (unpaired) electrons. The monoisotopic (exact) mass is 236 g/mol. The molecule has 2 rings (SSSR count). The summed E-state index contributed by atoms with van der Waals surface area (Å²) in [4.78, 5) is 14.1. The van der Waals surface area contributed by atoms with Gasteiger partial charge < -0.3 is 15.0 Å². The van der Waals surface area contributed by atoms with Crippen LogP contribution in [0, 0.1) is 5.92 Å². The molecule has 1 atom stereocenters. The third-order valence-electron chi connectivity index (χ3n) is 3.11. The van der Waals surface area contributed by atoms with Gasteiger partial charge in [-0.3, -0.25) is 0 Å². The third-order valence-corrected chi connectivity index (χ3v) is 3.11. The molecule has 2 aliphatic rings. The van der Waals surface area contributed by atoms with Crippen molar-refractivity contribution in [3.8, 4) is 0 Å². The van der Waals surface area contributed by atoms with Crippen molar-refractivity contribution in [2.75, 3.05) is 26.2 Å². The summed E-state index contributed by atoms with van der Waals surface area (Å²) in [6.45, 7) is 6.97. The first-order valence-corrected chi connectivity index (χ1v) is 6.28. The van der Waals surface area contributed by atoms with E-state index in [0.29, 0.717) is 18.2 Å². The van der Waals surface area contributed by atoms with E-state index in [4.69, 9.17) is 4.74 Å². The zero-order valence-electron chi connectivity index (χ0n) is 10.5. The van der Waals surface area contributed by atoms with Gasteiger partial charge in [-0.2, -0.15) is 0 Å². The van der Waals surface area contributed by atoms with Gasteiger partial charge >= 0.3 is 5.97 Å². The number of fused-ring (bicyclic) bond motifs is 1. The Labute approximate surface area is 102 Å². The highest BCUT2D eigenvalue weighted by atomic mass is 16.5. The third kappa shape index (κ3) is 2.69. The summed E-state index contributed by atoms with van der Waals surface area (Å²) in [6.07, 6.45) is 5.24. The van der Waals surface area contributed by atoms with Gasteiger partial charge in [0.25, 0.3) is 0 Å². The standard InChI is InChI=1S/C13H20N2O2/c1-3-17-13(16)12-8-10(2)4-5-11-9-14-6-7-15(11)12/h5,8,10,14H,3-4,6-7,9H2,1-2H3. The number of esters is 1. The number of carbonyl (C=O) groups is 1. The van der Waals surface area contributed by atoms with Crippen molar-refractivity contribution in [2.45, 2.75) is 20.3 Å². The van der Waals surface area contributed by atoms with Crippen LogP contribution < -0.4 is 5.32 Å². The number of nitrogens with one attached hydrogen (secondary N) is 1. The van der Waals surface area contributed by atoms with Gasteiger partial charge in [0.05, 0.1) is 6.61 Å². The topological polar surface area (TPSA) is 41.6 Å². The van der Waals surface area contributed by atoms with Gasteiger partial charge in [0, 0.05) is 25.3 Å². The van der Waals surface area contributed by atoms with Crippen molar-refractivity contribution in [2.24, 2.45) is 5.92 Å². The second-order valence-electron chi connectivity index (χ2n) is 4.51. The first-order valence-electron chi connectivity index (χ1n) is 6.28. The lowest BCUT2D eigenvalue weighted by molar-refractivity contribution is -0.140. The van der Waals surface area contributed by atoms with Crippen molar-refractivity contribution >= 4 is 5.97 Å². The van der Waals surface area contributed by atoms with Crippen LogP contribution in [0.2, 0.25) is 0 Å². The Kier molecular flexibility index (Phi) is 3.84. The van der Waals surface area contributed by atoms with Crippen LogP contribution in [-0.2, 0) is 9.53 Å². The molecule has 17 heavy (non-hydrogen) atoms. The van der Waals surface area contributed by atoms with E-state index in [2.05, 4.69) is 23.2 Å². The van der Waals surface area contributed by atoms with Crippen molar-refractivity contribution in [3.63, 3.8) is 0 Å². The molecule has 0 amide bonds. The second kappa shape index (κ2) is 5.36. The molecule has 0 saturated carbocycles. The van der Waals surface area contributed by atoms with Crippen LogP contribution in [0.1, 0.15) is 20.3 Å². The minimum Gasteiger partial charge on any atom is -0.461 e. The lowest BCUT2D eigenvalue weighted by Gasteiger charge is -2.32. The molecule has 1 unspecified atom stereocenters. The fraction of sp³-hybridized carbons (Fsp3) is 0.615. The molecule has 2 heterocycles. The van der Waals surface area contributed by atoms with Crippen LogP contribution in [0.25, 0.3) is 0 Å². The van der Waals surface area contributed by atoms with Crippen LogP contribution in [0.3, 0.4) is 0 Å². The minimum absolute atomic E-state index is 0.200. The quantitative estimate of drug-likeness (QED) is 0.733. The van der Waals surface area contributed by atoms with Crippen LogP contribution >= 0.6 is 0 Å². The predicted octanol–water partition coefficient (Wildman–Crippen LogP) is 1.26. The first-order chi connectivity index (χ1) is 8.22. The van der Waals surface area contributed by atoms with Crippen molar-refractivity contribution in [1.82, 2.24) is 10.2 Å². The summed E-state index contributed by atoms with van der Waals surface area (Å²) in [5.41, 5.74) is 1.91. The average molecular weight is 236 g/mol. The molecule has 0 aromatic carbocycles. The molecular weight excluding hydrogens is 216 g/mol. The van der Waals surface area contributed by atoms with Gasteiger partial charge in [-0.1, -0.05) is 19.1 Å². The number of hydrogen-bond acceptors (Lipinski definition) is 4. The second-order valence-corrected chi connectivity index (χ2v) is 4.51. The number of nitrogens with zero attached hydrogens (tertiary/aromatic N) is 1. The van der Waals surface area contributed by atoms with E-state index >= 15 is 0 Å². The fourth-order valence-corrected chi connectivity index (χ4v) is 2.24. The minimum atomic E-state index is -0.200. The zero-order valence-corrected chi connectivity index (χ0v) is 10.5. The largest absolute Gasteiger partial charge is 0.461 e. The molecule has 0 bridgehead atoms. The van der Waals surface area contributed by atoms with E-state index in [1.165, 1.54) is 5.70 Å². The van der Waals surface area contributed by atoms with Gasteiger partial charge in [0.15, 0.2) is 0 Å². The molecule has 0 aromatic rings. The lowest BCUT2D eigenvalue weighted by atomic mass is 10.1. The molecule has 4 nitrogen and oxygen atoms in total. The number of allylic oxidation sites excluding steroid dienone is 2. The van der Waals surface area contributed by atoms with Crippen molar-refractivity contribution in [3.05, 3.63) is 23.5 Å². The van der Waals surface area contributed by atoms with E-state index in [1.54, 1.807) is 0 Å². The summed E-state index contributed by atoms with van der Waals surface area (Å²) >= 11 is 0. The number of hydrogen-bond donors (Lipinski definition) is 1. The zero-order chi connectivity index (χ0) is 12.3. The van der Waals surface area contributed by atoms with Gasteiger partial charge in [0.2, 0.25) is 0 Å². The molecule has 0 aromatic heterocycles.